The Morgan fingerprint density at radius 3 is 2.27 bits per heavy atom. The summed E-state index contributed by atoms with van der Waals surface area (Å²) in [5, 5.41) is 5.96. The number of nitrogens with one attached hydrogen (secondary N) is 2. The smallest absolute Gasteiger partial charge is 0.159 e. The van der Waals surface area contributed by atoms with Gasteiger partial charge in [-0.05, 0) is 24.3 Å². The van der Waals surface area contributed by atoms with E-state index < -0.39 is 5.82 Å². The normalized spacial score (nSPS) is 10.3. The summed E-state index contributed by atoms with van der Waals surface area (Å²) in [6.07, 6.45) is 1.33. The molecule has 7 nitrogen and oxygen atoms in total. The average molecular weight is 355 g/mol. The van der Waals surface area contributed by atoms with Crippen LogP contribution in [0.2, 0.25) is 0 Å². The Bertz CT molecular complexity index is 920. The van der Waals surface area contributed by atoms with Crippen LogP contribution in [0.1, 0.15) is 0 Å². The van der Waals surface area contributed by atoms with E-state index in [0.717, 1.165) is 0 Å². The average Bonchev–Trinajstić information content (AvgIpc) is 2.67. The number of hydrogen-bond donors (Lipinski definition) is 3. The SMILES string of the molecule is COc1ccc(Nc2ncnc(Nc3ccccc3F)c2N)c(OC)c1. The van der Waals surface area contributed by atoms with E-state index in [2.05, 4.69) is 20.6 Å². The largest absolute Gasteiger partial charge is 0.497 e. The summed E-state index contributed by atoms with van der Waals surface area (Å²) >= 11 is 0. The molecule has 0 atom stereocenters. The second kappa shape index (κ2) is 7.56. The van der Waals surface area contributed by atoms with E-state index in [1.807, 2.05) is 0 Å². The van der Waals surface area contributed by atoms with Crippen molar-refractivity contribution in [3.05, 3.63) is 54.6 Å². The first-order valence-corrected chi connectivity index (χ1v) is 7.73. The second-order valence-corrected chi connectivity index (χ2v) is 5.28. The summed E-state index contributed by atoms with van der Waals surface area (Å²) in [6.45, 7) is 0. The predicted octanol–water partition coefficient (Wildman–Crippen LogP) is 3.70. The molecule has 0 aliphatic carbocycles. The lowest BCUT2D eigenvalue weighted by molar-refractivity contribution is 0.395. The fourth-order valence-corrected chi connectivity index (χ4v) is 2.31. The Labute approximate surface area is 150 Å². The van der Waals surface area contributed by atoms with Crippen LogP contribution in [0.25, 0.3) is 0 Å². The van der Waals surface area contributed by atoms with E-state index in [1.54, 1.807) is 50.6 Å². The molecule has 0 aliphatic heterocycles. The number of halogens is 1. The number of nitrogen functional groups attached to an aromatic ring is 1. The van der Waals surface area contributed by atoms with Crippen molar-refractivity contribution < 1.29 is 13.9 Å². The molecule has 2 aromatic carbocycles. The van der Waals surface area contributed by atoms with Gasteiger partial charge in [0.2, 0.25) is 0 Å². The molecule has 1 heterocycles. The number of para-hydroxylation sites is 1. The molecule has 26 heavy (non-hydrogen) atoms. The second-order valence-electron chi connectivity index (χ2n) is 5.28. The highest BCUT2D eigenvalue weighted by atomic mass is 19.1. The first-order valence-electron chi connectivity index (χ1n) is 7.73. The summed E-state index contributed by atoms with van der Waals surface area (Å²) < 4.78 is 24.4. The number of aromatic nitrogens is 2. The molecule has 0 amide bonds. The molecular formula is C18H18FN5O2. The molecule has 3 rings (SSSR count). The third-order valence-electron chi connectivity index (χ3n) is 3.67. The van der Waals surface area contributed by atoms with Gasteiger partial charge in [-0.3, -0.25) is 0 Å². The van der Waals surface area contributed by atoms with E-state index in [4.69, 9.17) is 15.2 Å². The summed E-state index contributed by atoms with van der Waals surface area (Å²) in [7, 11) is 3.12. The van der Waals surface area contributed by atoms with Crippen LogP contribution in [0.5, 0.6) is 11.5 Å². The lowest BCUT2D eigenvalue weighted by Gasteiger charge is -2.15. The van der Waals surface area contributed by atoms with Gasteiger partial charge in [-0.25, -0.2) is 14.4 Å². The van der Waals surface area contributed by atoms with Crippen molar-refractivity contribution in [2.24, 2.45) is 0 Å². The zero-order chi connectivity index (χ0) is 18.5. The lowest BCUT2D eigenvalue weighted by Crippen LogP contribution is -2.06. The van der Waals surface area contributed by atoms with Gasteiger partial charge in [0.05, 0.1) is 25.6 Å². The maximum absolute atomic E-state index is 13.8. The Kier molecular flexibility index (Phi) is 5.02. The topological polar surface area (TPSA) is 94.3 Å². The number of rotatable bonds is 6. The summed E-state index contributed by atoms with van der Waals surface area (Å²) in [5.74, 6) is 1.47. The summed E-state index contributed by atoms with van der Waals surface area (Å²) in [5.41, 5.74) is 7.30. The fourth-order valence-electron chi connectivity index (χ4n) is 2.31. The molecule has 0 aliphatic rings. The molecule has 4 N–H and O–H groups in total. The van der Waals surface area contributed by atoms with Crippen molar-refractivity contribution in [1.29, 1.82) is 0 Å². The van der Waals surface area contributed by atoms with Crippen molar-refractivity contribution in [3.8, 4) is 11.5 Å². The van der Waals surface area contributed by atoms with Gasteiger partial charge >= 0.3 is 0 Å². The number of hydrogen-bond acceptors (Lipinski definition) is 7. The van der Waals surface area contributed by atoms with Crippen LogP contribution in [0.4, 0.5) is 33.1 Å². The van der Waals surface area contributed by atoms with Crippen LogP contribution in [0, 0.1) is 5.82 Å². The van der Waals surface area contributed by atoms with Crippen molar-refractivity contribution in [3.63, 3.8) is 0 Å². The molecule has 0 spiro atoms. The van der Waals surface area contributed by atoms with Gasteiger partial charge in [-0.15, -0.1) is 0 Å². The molecule has 0 bridgehead atoms. The van der Waals surface area contributed by atoms with Crippen LogP contribution in [-0.2, 0) is 0 Å². The molecule has 134 valence electrons. The monoisotopic (exact) mass is 355 g/mol. The third-order valence-corrected chi connectivity index (χ3v) is 3.67. The summed E-state index contributed by atoms with van der Waals surface area (Å²) in [4.78, 5) is 8.23. The lowest BCUT2D eigenvalue weighted by atomic mass is 10.2. The van der Waals surface area contributed by atoms with Gasteiger partial charge in [-0.1, -0.05) is 12.1 Å². The number of benzene rings is 2. The maximum Gasteiger partial charge on any atom is 0.159 e. The maximum atomic E-state index is 13.8. The van der Waals surface area contributed by atoms with E-state index in [0.29, 0.717) is 28.8 Å². The Balaban J connectivity index is 1.89. The molecule has 0 saturated carbocycles. The minimum Gasteiger partial charge on any atom is -0.497 e. The van der Waals surface area contributed by atoms with E-state index >= 15 is 0 Å². The number of methoxy groups -OCH3 is 2. The fraction of sp³-hybridized carbons (Fsp3) is 0.111. The molecule has 3 aromatic rings. The first-order chi connectivity index (χ1) is 12.6. The molecule has 1 aromatic heterocycles. The quantitative estimate of drug-likeness (QED) is 0.620. The predicted molar refractivity (Wildman–Crippen MR) is 99.0 cm³/mol. The van der Waals surface area contributed by atoms with Gasteiger partial charge in [0.1, 0.15) is 29.3 Å². The van der Waals surface area contributed by atoms with E-state index in [9.17, 15) is 4.39 Å². The Morgan fingerprint density at radius 2 is 1.62 bits per heavy atom. The van der Waals surface area contributed by atoms with Crippen molar-refractivity contribution in [1.82, 2.24) is 9.97 Å². The Morgan fingerprint density at radius 1 is 0.923 bits per heavy atom. The standard InChI is InChI=1S/C18H18FN5O2/c1-25-11-7-8-14(15(9-11)26-2)24-18-16(20)17(21-10-22-18)23-13-6-4-3-5-12(13)19/h3-10H,20H2,1-2H3,(H2,21,22,23,24). The van der Waals surface area contributed by atoms with Crippen LogP contribution >= 0.6 is 0 Å². The molecule has 0 unspecified atom stereocenters. The molecule has 0 radical (unpaired) electrons. The number of anilines is 5. The van der Waals surface area contributed by atoms with Gasteiger partial charge in [0, 0.05) is 6.07 Å². The van der Waals surface area contributed by atoms with Gasteiger partial charge in [0.15, 0.2) is 11.6 Å². The number of ether oxygens (including phenoxy) is 2. The van der Waals surface area contributed by atoms with E-state index in [-0.39, 0.29) is 11.4 Å². The molecule has 0 fully saturated rings. The minimum absolute atomic E-state index is 0.244. The van der Waals surface area contributed by atoms with Crippen LogP contribution in [-0.4, -0.2) is 24.2 Å². The van der Waals surface area contributed by atoms with Gasteiger partial charge in [-0.2, -0.15) is 0 Å². The van der Waals surface area contributed by atoms with E-state index in [1.165, 1.54) is 12.4 Å². The number of nitrogens with zero attached hydrogens (tertiary/aromatic N) is 2. The highest BCUT2D eigenvalue weighted by molar-refractivity contribution is 5.81. The van der Waals surface area contributed by atoms with Gasteiger partial charge < -0.3 is 25.8 Å². The highest BCUT2D eigenvalue weighted by Gasteiger charge is 2.13. The zero-order valence-electron chi connectivity index (χ0n) is 14.3. The summed E-state index contributed by atoms with van der Waals surface area (Å²) in [6, 6.07) is 11.6. The van der Waals surface area contributed by atoms with Crippen molar-refractivity contribution in [2.45, 2.75) is 0 Å². The molecule has 0 saturated heterocycles. The Hall–Kier alpha value is -3.55. The molecule has 8 heteroatoms. The highest BCUT2D eigenvalue weighted by Crippen LogP contribution is 2.34. The van der Waals surface area contributed by atoms with Crippen LogP contribution < -0.4 is 25.8 Å². The van der Waals surface area contributed by atoms with Crippen LogP contribution in [0.15, 0.2) is 48.8 Å². The molecular weight excluding hydrogens is 337 g/mol. The van der Waals surface area contributed by atoms with Crippen molar-refractivity contribution >= 4 is 28.7 Å². The van der Waals surface area contributed by atoms with Gasteiger partial charge in [0.25, 0.3) is 0 Å². The number of nitrogens with two attached hydrogens (primary N) is 1. The minimum atomic E-state index is -0.406. The zero-order valence-corrected chi connectivity index (χ0v) is 14.3. The van der Waals surface area contributed by atoms with Crippen molar-refractivity contribution in [2.75, 3.05) is 30.6 Å². The van der Waals surface area contributed by atoms with Crippen LogP contribution in [0.3, 0.4) is 0 Å². The first kappa shape index (κ1) is 17.3. The third kappa shape index (κ3) is 3.59.